The second kappa shape index (κ2) is 4.94. The van der Waals surface area contributed by atoms with Crippen molar-refractivity contribution in [3.8, 4) is 0 Å². The van der Waals surface area contributed by atoms with Crippen molar-refractivity contribution in [3.05, 3.63) is 16.1 Å². The van der Waals surface area contributed by atoms with Gasteiger partial charge in [-0.05, 0) is 0 Å². The van der Waals surface area contributed by atoms with Crippen LogP contribution in [0.2, 0.25) is 0 Å². The molecule has 0 aromatic heterocycles. The molecule has 0 fully saturated rings. The fourth-order valence-corrected chi connectivity index (χ4v) is 1.89. The van der Waals surface area contributed by atoms with E-state index in [4.69, 9.17) is 0 Å². The van der Waals surface area contributed by atoms with Gasteiger partial charge in [-0.1, -0.05) is 6.58 Å². The first-order valence-corrected chi connectivity index (χ1v) is 5.39. The molecular formula is C3H3F3NNaO4S2. The van der Waals surface area contributed by atoms with Gasteiger partial charge >= 0.3 is 35.1 Å². The van der Waals surface area contributed by atoms with E-state index in [-0.39, 0.29) is 35.0 Å². The fourth-order valence-electron chi connectivity index (χ4n) is 0.209. The molecule has 0 amide bonds. The minimum Gasteiger partial charge on any atom is -0.425 e. The number of halogens is 3. The third kappa shape index (κ3) is 4.75. The topological polar surface area (TPSA) is 82.4 Å². The molecule has 5 nitrogen and oxygen atoms in total. The first-order valence-electron chi connectivity index (χ1n) is 2.45. The molecule has 0 heterocycles. The summed E-state index contributed by atoms with van der Waals surface area (Å²) in [5.41, 5.74) is -5.72. The van der Waals surface area contributed by atoms with Gasteiger partial charge in [0.25, 0.3) is 0 Å². The van der Waals surface area contributed by atoms with Crippen molar-refractivity contribution in [1.82, 2.24) is 0 Å². The van der Waals surface area contributed by atoms with Crippen LogP contribution in [0.3, 0.4) is 0 Å². The third-order valence-electron chi connectivity index (χ3n) is 0.705. The number of hydrogen-bond acceptors (Lipinski definition) is 4. The van der Waals surface area contributed by atoms with E-state index in [1.807, 2.05) is 0 Å². The predicted octanol–water partition coefficient (Wildman–Crippen LogP) is -2.31. The number of alkyl halides is 3. The molecule has 0 N–H and O–H groups in total. The molecule has 0 aliphatic rings. The Bertz CT molecular complexity index is 396. The van der Waals surface area contributed by atoms with E-state index in [9.17, 15) is 30.0 Å². The number of rotatable bonds is 3. The maximum absolute atomic E-state index is 11.5. The van der Waals surface area contributed by atoms with E-state index in [1.165, 1.54) is 0 Å². The normalized spacial score (nSPS) is 13.1. The molecule has 0 aromatic rings. The second-order valence-electron chi connectivity index (χ2n) is 1.68. The molecule has 0 saturated carbocycles. The SMILES string of the molecule is C=CS(=O)(=O)[N-]S(=O)(=O)C(F)(F)F.[Na+]. The van der Waals surface area contributed by atoms with Crippen LogP contribution in [0.15, 0.2) is 12.0 Å². The van der Waals surface area contributed by atoms with E-state index < -0.39 is 25.6 Å². The minimum absolute atomic E-state index is 0. The summed E-state index contributed by atoms with van der Waals surface area (Å²) in [6.45, 7) is 2.59. The zero-order chi connectivity index (χ0) is 10.9. The Balaban J connectivity index is 0. The molecule has 78 valence electrons. The number of hydrogen-bond donors (Lipinski definition) is 0. The molecule has 11 heteroatoms. The third-order valence-corrected chi connectivity index (χ3v) is 3.33. The monoisotopic (exact) mass is 261 g/mol. The Kier molecular flexibility index (Phi) is 5.94. The second-order valence-corrected chi connectivity index (χ2v) is 5.05. The van der Waals surface area contributed by atoms with Gasteiger partial charge in [0.1, 0.15) is 10.0 Å². The molecule has 0 rings (SSSR count). The molecule has 0 saturated heterocycles. The smallest absolute Gasteiger partial charge is 0.425 e. The van der Waals surface area contributed by atoms with E-state index in [0.29, 0.717) is 0 Å². The Hall–Kier alpha value is 0.390. The maximum Gasteiger partial charge on any atom is 1.00 e. The van der Waals surface area contributed by atoms with Crippen molar-refractivity contribution in [2.24, 2.45) is 0 Å². The Morgan fingerprint density at radius 3 is 1.71 bits per heavy atom. The van der Waals surface area contributed by atoms with Gasteiger partial charge in [-0.2, -0.15) is 13.2 Å². The van der Waals surface area contributed by atoms with Crippen LogP contribution < -0.4 is 29.6 Å². The van der Waals surface area contributed by atoms with E-state index in [2.05, 4.69) is 6.58 Å². The van der Waals surface area contributed by atoms with Gasteiger partial charge < -0.3 is 4.13 Å². The summed E-state index contributed by atoms with van der Waals surface area (Å²) in [6, 6.07) is 0. The summed E-state index contributed by atoms with van der Waals surface area (Å²) < 4.78 is 77.0. The molecule has 0 aliphatic carbocycles. The predicted molar refractivity (Wildman–Crippen MR) is 37.5 cm³/mol. The fraction of sp³-hybridized carbons (Fsp3) is 0.333. The van der Waals surface area contributed by atoms with Gasteiger partial charge in [-0.3, -0.25) is 0 Å². The van der Waals surface area contributed by atoms with E-state index >= 15 is 0 Å². The maximum atomic E-state index is 11.5. The van der Waals surface area contributed by atoms with Gasteiger partial charge in [0.2, 0.25) is 0 Å². The zero-order valence-electron chi connectivity index (χ0n) is 6.82. The zero-order valence-corrected chi connectivity index (χ0v) is 10.4. The standard InChI is InChI=1S/C3H3F3NO4S2.Na/c1-2-12(8,9)7-13(10,11)3(4,5)6;/h2H,1H2;/q-1;+1. The quantitative estimate of drug-likeness (QED) is 0.534. The van der Waals surface area contributed by atoms with Crippen molar-refractivity contribution in [2.75, 3.05) is 0 Å². The molecule has 0 aliphatic heterocycles. The van der Waals surface area contributed by atoms with Crippen LogP contribution >= 0.6 is 0 Å². The summed E-state index contributed by atoms with van der Waals surface area (Å²) in [5, 5.41) is -0.00368. The molecule has 0 bridgehead atoms. The Morgan fingerprint density at radius 1 is 1.14 bits per heavy atom. The van der Waals surface area contributed by atoms with Crippen molar-refractivity contribution in [1.29, 1.82) is 0 Å². The van der Waals surface area contributed by atoms with E-state index in [1.54, 1.807) is 4.13 Å². The Morgan fingerprint density at radius 2 is 1.50 bits per heavy atom. The van der Waals surface area contributed by atoms with Crippen LogP contribution in [0.25, 0.3) is 4.13 Å². The molecule has 14 heavy (non-hydrogen) atoms. The minimum atomic E-state index is -6.00. The summed E-state index contributed by atoms with van der Waals surface area (Å²) in [7, 11) is -10.8. The van der Waals surface area contributed by atoms with Crippen molar-refractivity contribution in [2.45, 2.75) is 5.51 Å². The van der Waals surface area contributed by atoms with E-state index in [0.717, 1.165) is 0 Å². The van der Waals surface area contributed by atoms with Gasteiger partial charge in [0.05, 0.1) is 0 Å². The van der Waals surface area contributed by atoms with Crippen LogP contribution in [0.4, 0.5) is 13.2 Å². The molecule has 0 radical (unpaired) electrons. The van der Waals surface area contributed by atoms with Crippen LogP contribution in [0.1, 0.15) is 0 Å². The van der Waals surface area contributed by atoms with Gasteiger partial charge in [-0.25, -0.2) is 16.8 Å². The van der Waals surface area contributed by atoms with Gasteiger partial charge in [0, 0.05) is 5.41 Å². The molecule has 0 atom stereocenters. The Labute approximate surface area is 101 Å². The average Bonchev–Trinajstić information content (AvgIpc) is 1.83. The molecule has 0 aromatic carbocycles. The largest absolute Gasteiger partial charge is 1.00 e. The molecular weight excluding hydrogens is 258 g/mol. The first kappa shape index (κ1) is 16.8. The van der Waals surface area contributed by atoms with Crippen molar-refractivity contribution < 1.29 is 59.6 Å². The van der Waals surface area contributed by atoms with Crippen LogP contribution in [-0.4, -0.2) is 22.3 Å². The number of nitrogens with zero attached hydrogens (tertiary/aromatic N) is 1. The van der Waals surface area contributed by atoms with Crippen LogP contribution in [0, 0.1) is 0 Å². The summed E-state index contributed by atoms with van der Waals surface area (Å²) >= 11 is 0. The van der Waals surface area contributed by atoms with Crippen molar-refractivity contribution >= 4 is 20.0 Å². The molecule has 0 spiro atoms. The molecule has 0 unspecified atom stereocenters. The van der Waals surface area contributed by atoms with Crippen LogP contribution in [-0.2, 0) is 20.0 Å². The first-order chi connectivity index (χ1) is 5.52. The van der Waals surface area contributed by atoms with Gasteiger partial charge in [0.15, 0.2) is 10.0 Å². The number of sulfonamides is 2. The summed E-state index contributed by atoms with van der Waals surface area (Å²) in [4.78, 5) is 0. The summed E-state index contributed by atoms with van der Waals surface area (Å²) in [6.07, 6.45) is 0. The summed E-state index contributed by atoms with van der Waals surface area (Å²) in [5.74, 6) is 0. The van der Waals surface area contributed by atoms with Crippen molar-refractivity contribution in [3.63, 3.8) is 0 Å². The average molecular weight is 261 g/mol. The van der Waals surface area contributed by atoms with Crippen LogP contribution in [0.5, 0.6) is 0 Å². The van der Waals surface area contributed by atoms with Gasteiger partial charge in [-0.15, -0.1) is 0 Å².